The van der Waals surface area contributed by atoms with Crippen LogP contribution in [0, 0.1) is 0 Å². The predicted octanol–water partition coefficient (Wildman–Crippen LogP) is -1.06. The lowest BCUT2D eigenvalue weighted by molar-refractivity contribution is -0.338. The second-order valence-electron chi connectivity index (χ2n) is 10.1. The van der Waals surface area contributed by atoms with Crippen molar-refractivity contribution in [2.75, 3.05) is 6.61 Å². The van der Waals surface area contributed by atoms with Crippen molar-refractivity contribution < 1.29 is 64.6 Å². The quantitative estimate of drug-likeness (QED) is 0.175. The third-order valence-corrected chi connectivity index (χ3v) is 7.40. The van der Waals surface area contributed by atoms with Crippen molar-refractivity contribution in [1.82, 2.24) is 0 Å². The summed E-state index contributed by atoms with van der Waals surface area (Å²) in [6.45, 7) is 0.613. The smallest absolute Gasteiger partial charge is 0.197 e. The van der Waals surface area contributed by atoms with Gasteiger partial charge in [0, 0.05) is 17.7 Å². The highest BCUT2D eigenvalue weighted by Crippen LogP contribution is 2.45. The van der Waals surface area contributed by atoms with Crippen LogP contribution in [0.2, 0.25) is 0 Å². The number of hydrogen-bond donors (Lipinski definition) is 9. The molecule has 2 fully saturated rings. The molecule has 0 unspecified atom stereocenters. The van der Waals surface area contributed by atoms with Crippen LogP contribution in [0.4, 0.5) is 0 Å². The molecule has 0 bridgehead atoms. The molecule has 2 saturated heterocycles. The zero-order chi connectivity index (χ0) is 29.7. The van der Waals surface area contributed by atoms with Crippen molar-refractivity contribution >= 4 is 11.0 Å². The summed E-state index contributed by atoms with van der Waals surface area (Å²) in [5, 5.41) is 93.0. The van der Waals surface area contributed by atoms with Crippen molar-refractivity contribution in [3.63, 3.8) is 0 Å². The van der Waals surface area contributed by atoms with Crippen LogP contribution in [-0.4, -0.2) is 108 Å². The number of aliphatic hydroxyl groups excluding tert-OH is 6. The van der Waals surface area contributed by atoms with Gasteiger partial charge in [-0.2, -0.15) is 0 Å². The average Bonchev–Trinajstić information content (AvgIpc) is 2.93. The molecule has 10 atom stereocenters. The summed E-state index contributed by atoms with van der Waals surface area (Å²) in [7, 11) is 0. The van der Waals surface area contributed by atoms with Gasteiger partial charge in [0.15, 0.2) is 17.3 Å². The molecule has 1 aromatic heterocycles. The fourth-order valence-electron chi connectivity index (χ4n) is 5.12. The largest absolute Gasteiger partial charge is 0.508 e. The number of ether oxygens (including phenoxy) is 3. The first-order valence-corrected chi connectivity index (χ1v) is 12.7. The molecule has 2 aliphatic rings. The molecule has 5 rings (SSSR count). The standard InChI is InChI=1S/C27H30O14/c1-9-19(33)21(35)23(37)27(38-9)41-26-22(36)20(34)16(8-28)40-25(26)18-13(31)6-12(30)17-14(32)7-15(39-24(17)18)10-2-4-11(29)5-3-10/h2-7,9,16,19-23,25-31,33-37H,8H2,1H3/t9-,16+,19-,20+,21+,22-,23-,25+,26+,27-/m0/s1. The number of aromatic hydroxyl groups is 3. The number of phenolic OH excluding ortho intramolecular Hbond substituents is 3. The molecule has 0 spiro atoms. The van der Waals surface area contributed by atoms with Gasteiger partial charge in [-0.25, -0.2) is 0 Å². The first-order chi connectivity index (χ1) is 19.4. The van der Waals surface area contributed by atoms with E-state index in [-0.39, 0.29) is 28.0 Å². The van der Waals surface area contributed by atoms with E-state index in [9.17, 15) is 50.8 Å². The first-order valence-electron chi connectivity index (χ1n) is 12.7. The van der Waals surface area contributed by atoms with E-state index in [1.165, 1.54) is 31.2 Å². The van der Waals surface area contributed by atoms with E-state index in [4.69, 9.17) is 18.6 Å². The number of phenols is 3. The Balaban J connectivity index is 1.67. The minimum atomic E-state index is -1.85. The monoisotopic (exact) mass is 578 g/mol. The third kappa shape index (κ3) is 5.14. The Morgan fingerprint density at radius 3 is 2.17 bits per heavy atom. The lowest BCUT2D eigenvalue weighted by Crippen LogP contribution is -2.61. The van der Waals surface area contributed by atoms with E-state index in [0.29, 0.717) is 5.56 Å². The number of aliphatic hydroxyl groups is 6. The zero-order valence-corrected chi connectivity index (χ0v) is 21.5. The molecule has 0 saturated carbocycles. The summed E-state index contributed by atoms with van der Waals surface area (Å²) in [4.78, 5) is 13.1. The van der Waals surface area contributed by atoms with Crippen LogP contribution in [0.1, 0.15) is 18.6 Å². The molecule has 2 aliphatic heterocycles. The molecule has 0 radical (unpaired) electrons. The molecule has 3 aromatic rings. The Bertz CT molecular complexity index is 1460. The fourth-order valence-corrected chi connectivity index (χ4v) is 5.12. The maximum absolute atomic E-state index is 13.1. The minimum absolute atomic E-state index is 0.0294. The van der Waals surface area contributed by atoms with Crippen LogP contribution in [-0.2, 0) is 14.2 Å². The van der Waals surface area contributed by atoms with Gasteiger partial charge in [-0.05, 0) is 31.2 Å². The van der Waals surface area contributed by atoms with Crippen molar-refractivity contribution in [2.24, 2.45) is 0 Å². The van der Waals surface area contributed by atoms with Crippen LogP contribution < -0.4 is 5.43 Å². The van der Waals surface area contributed by atoms with Crippen LogP contribution in [0.15, 0.2) is 45.6 Å². The second kappa shape index (κ2) is 11.2. The third-order valence-electron chi connectivity index (χ3n) is 7.40. The summed E-state index contributed by atoms with van der Waals surface area (Å²) < 4.78 is 23.0. The number of hydrogen-bond acceptors (Lipinski definition) is 14. The van der Waals surface area contributed by atoms with Crippen LogP contribution in [0.5, 0.6) is 17.2 Å². The van der Waals surface area contributed by atoms with Crippen molar-refractivity contribution in [1.29, 1.82) is 0 Å². The highest BCUT2D eigenvalue weighted by Gasteiger charge is 2.51. The number of fused-ring (bicyclic) bond motifs is 1. The lowest BCUT2D eigenvalue weighted by Gasteiger charge is -2.46. The van der Waals surface area contributed by atoms with E-state index in [1.807, 2.05) is 0 Å². The van der Waals surface area contributed by atoms with Gasteiger partial charge in [-0.1, -0.05) is 0 Å². The van der Waals surface area contributed by atoms with Gasteiger partial charge >= 0.3 is 0 Å². The SMILES string of the molecule is C[C@@H]1O[C@@H](O[C@@H]2[C@@H](O)[C@H](O)[C@@H](CO)O[C@@H]2c2c(O)cc(O)c3c(=O)cc(-c4ccc(O)cc4)oc23)[C@@H](O)[C@H](O)[C@H]1O. The van der Waals surface area contributed by atoms with Crippen LogP contribution in [0.3, 0.4) is 0 Å². The normalized spacial score (nSPS) is 34.1. The van der Waals surface area contributed by atoms with Crippen molar-refractivity contribution in [3.05, 3.63) is 52.2 Å². The minimum Gasteiger partial charge on any atom is -0.508 e. The van der Waals surface area contributed by atoms with Gasteiger partial charge in [0.05, 0.1) is 18.3 Å². The summed E-state index contributed by atoms with van der Waals surface area (Å²) in [6.07, 6.45) is -16.0. The maximum Gasteiger partial charge on any atom is 0.197 e. The van der Waals surface area contributed by atoms with E-state index < -0.39 is 84.8 Å². The zero-order valence-electron chi connectivity index (χ0n) is 21.5. The van der Waals surface area contributed by atoms with E-state index in [0.717, 1.165) is 12.1 Å². The highest BCUT2D eigenvalue weighted by atomic mass is 16.7. The number of rotatable bonds is 5. The Labute approximate surface area is 231 Å². The van der Waals surface area contributed by atoms with E-state index in [2.05, 4.69) is 0 Å². The molecule has 14 nitrogen and oxygen atoms in total. The Morgan fingerprint density at radius 2 is 1.51 bits per heavy atom. The van der Waals surface area contributed by atoms with Gasteiger partial charge in [0.1, 0.15) is 77.2 Å². The highest BCUT2D eigenvalue weighted by molar-refractivity contribution is 5.89. The van der Waals surface area contributed by atoms with Gasteiger partial charge in [-0.3, -0.25) is 4.79 Å². The molecule has 3 heterocycles. The Kier molecular flexibility index (Phi) is 7.95. The Morgan fingerprint density at radius 1 is 0.829 bits per heavy atom. The molecular weight excluding hydrogens is 548 g/mol. The average molecular weight is 579 g/mol. The molecule has 9 N–H and O–H groups in total. The van der Waals surface area contributed by atoms with Gasteiger partial charge in [0.25, 0.3) is 0 Å². The Hall–Kier alpha value is -3.31. The lowest BCUT2D eigenvalue weighted by atomic mass is 9.89. The molecule has 0 aliphatic carbocycles. The number of benzene rings is 2. The van der Waals surface area contributed by atoms with Crippen molar-refractivity contribution in [2.45, 2.75) is 68.1 Å². The summed E-state index contributed by atoms with van der Waals surface area (Å²) in [5.74, 6) is -1.39. The predicted molar refractivity (Wildman–Crippen MR) is 137 cm³/mol. The maximum atomic E-state index is 13.1. The summed E-state index contributed by atoms with van der Waals surface area (Å²) in [5.41, 5.74) is -1.08. The van der Waals surface area contributed by atoms with Crippen molar-refractivity contribution in [3.8, 4) is 28.6 Å². The van der Waals surface area contributed by atoms with Gasteiger partial charge < -0.3 is 64.6 Å². The molecule has 14 heteroatoms. The van der Waals surface area contributed by atoms with E-state index >= 15 is 0 Å². The summed E-state index contributed by atoms with van der Waals surface area (Å²) >= 11 is 0. The summed E-state index contributed by atoms with van der Waals surface area (Å²) in [6, 6.07) is 7.53. The second-order valence-corrected chi connectivity index (χ2v) is 10.1. The van der Waals surface area contributed by atoms with Crippen LogP contribution in [0.25, 0.3) is 22.3 Å². The van der Waals surface area contributed by atoms with Crippen LogP contribution >= 0.6 is 0 Å². The fraction of sp³-hybridized carbons (Fsp3) is 0.444. The molecular formula is C27H30O14. The topological polar surface area (TPSA) is 240 Å². The van der Waals surface area contributed by atoms with Gasteiger partial charge in [-0.15, -0.1) is 0 Å². The molecule has 41 heavy (non-hydrogen) atoms. The van der Waals surface area contributed by atoms with E-state index in [1.54, 1.807) is 0 Å². The molecule has 2 aromatic carbocycles. The van der Waals surface area contributed by atoms with Gasteiger partial charge in [0.2, 0.25) is 0 Å². The molecule has 222 valence electrons. The first kappa shape index (κ1) is 29.2. The molecule has 0 amide bonds.